The Labute approximate surface area is 134 Å². The van der Waals surface area contributed by atoms with Gasteiger partial charge in [0.2, 0.25) is 0 Å². The number of nitrogens with one attached hydrogen (secondary N) is 2. The molecular formula is C11H20F2IN5O. The Bertz CT molecular complexity index is 413. The van der Waals surface area contributed by atoms with Crippen LogP contribution < -0.4 is 10.6 Å². The monoisotopic (exact) mass is 403 g/mol. The number of alkyl halides is 2. The van der Waals surface area contributed by atoms with Crippen molar-refractivity contribution >= 4 is 29.9 Å². The van der Waals surface area contributed by atoms with Crippen molar-refractivity contribution < 1.29 is 13.5 Å². The molecule has 20 heavy (non-hydrogen) atoms. The molecule has 2 N–H and O–H groups in total. The van der Waals surface area contributed by atoms with Gasteiger partial charge in [-0.2, -0.15) is 8.78 Å². The van der Waals surface area contributed by atoms with E-state index in [4.69, 9.17) is 4.74 Å². The largest absolute Gasteiger partial charge is 0.383 e. The van der Waals surface area contributed by atoms with Gasteiger partial charge in [-0.3, -0.25) is 9.56 Å². The lowest BCUT2D eigenvalue weighted by Gasteiger charge is -2.17. The molecule has 0 saturated carbocycles. The van der Waals surface area contributed by atoms with Crippen molar-refractivity contribution in [2.45, 2.75) is 26.1 Å². The minimum absolute atomic E-state index is 0. The Morgan fingerprint density at radius 2 is 2.25 bits per heavy atom. The quantitative estimate of drug-likeness (QED) is 0.431. The fourth-order valence-electron chi connectivity index (χ4n) is 1.54. The van der Waals surface area contributed by atoms with Gasteiger partial charge in [0.15, 0.2) is 5.96 Å². The first-order valence-electron chi connectivity index (χ1n) is 5.84. The van der Waals surface area contributed by atoms with Crippen molar-refractivity contribution in [2.24, 2.45) is 4.99 Å². The van der Waals surface area contributed by atoms with Gasteiger partial charge in [-0.15, -0.1) is 24.0 Å². The second-order valence-corrected chi connectivity index (χ2v) is 3.95. The average molecular weight is 403 g/mol. The molecular weight excluding hydrogens is 383 g/mol. The lowest BCUT2D eigenvalue weighted by Crippen LogP contribution is -2.43. The smallest absolute Gasteiger partial charge is 0.319 e. The summed E-state index contributed by atoms with van der Waals surface area (Å²) in [5.74, 6) is 0.755. The zero-order chi connectivity index (χ0) is 14.3. The molecule has 1 atom stereocenters. The van der Waals surface area contributed by atoms with E-state index in [1.165, 1.54) is 12.4 Å². The average Bonchev–Trinajstić information content (AvgIpc) is 2.83. The Balaban J connectivity index is 0.00000361. The van der Waals surface area contributed by atoms with Crippen molar-refractivity contribution in [2.75, 3.05) is 20.8 Å². The van der Waals surface area contributed by atoms with Crippen LogP contribution in [0.25, 0.3) is 0 Å². The van der Waals surface area contributed by atoms with Gasteiger partial charge < -0.3 is 15.4 Å². The van der Waals surface area contributed by atoms with Gasteiger partial charge in [-0.25, -0.2) is 4.98 Å². The van der Waals surface area contributed by atoms with Crippen molar-refractivity contribution in [3.05, 3.63) is 18.2 Å². The molecule has 0 saturated heterocycles. The number of halogens is 3. The molecule has 0 radical (unpaired) electrons. The van der Waals surface area contributed by atoms with E-state index in [9.17, 15) is 8.78 Å². The number of imidazole rings is 1. The zero-order valence-corrected chi connectivity index (χ0v) is 14.0. The number of aromatic nitrogens is 2. The fraction of sp³-hybridized carbons (Fsp3) is 0.636. The molecule has 0 amide bonds. The summed E-state index contributed by atoms with van der Waals surface area (Å²) in [5.41, 5.74) is 0. The summed E-state index contributed by atoms with van der Waals surface area (Å²) in [5, 5.41) is 5.99. The summed E-state index contributed by atoms with van der Waals surface area (Å²) in [4.78, 5) is 7.87. The molecule has 9 heteroatoms. The third-order valence-electron chi connectivity index (χ3n) is 2.40. The fourth-order valence-corrected chi connectivity index (χ4v) is 1.54. The second-order valence-electron chi connectivity index (χ2n) is 3.95. The van der Waals surface area contributed by atoms with Crippen LogP contribution in [-0.2, 0) is 11.3 Å². The SMILES string of the molecule is CN=C(NCc1nccn1C(F)F)NC(C)COC.I. The van der Waals surface area contributed by atoms with E-state index in [2.05, 4.69) is 20.6 Å². The first-order chi connectivity index (χ1) is 9.08. The standard InChI is InChI=1S/C11H19F2N5O.HI/c1-8(7-19-3)17-11(14-2)16-6-9-15-4-5-18(9)10(12)13;/h4-5,8,10H,6-7H2,1-3H3,(H2,14,16,17);1H. The summed E-state index contributed by atoms with van der Waals surface area (Å²) in [6.07, 6.45) is 2.58. The normalized spacial score (nSPS) is 13.0. The van der Waals surface area contributed by atoms with Crippen LogP contribution in [0, 0.1) is 0 Å². The van der Waals surface area contributed by atoms with Crippen LogP contribution in [0.2, 0.25) is 0 Å². The van der Waals surface area contributed by atoms with Crippen LogP contribution in [0.3, 0.4) is 0 Å². The highest BCUT2D eigenvalue weighted by Gasteiger charge is 2.12. The first-order valence-corrected chi connectivity index (χ1v) is 5.84. The van der Waals surface area contributed by atoms with Crippen LogP contribution in [-0.4, -0.2) is 42.3 Å². The van der Waals surface area contributed by atoms with E-state index in [1.807, 2.05) is 6.92 Å². The number of hydrogen-bond donors (Lipinski definition) is 2. The number of guanidine groups is 1. The molecule has 116 valence electrons. The second kappa shape index (κ2) is 9.86. The molecule has 1 heterocycles. The van der Waals surface area contributed by atoms with Gasteiger partial charge in [0.25, 0.3) is 0 Å². The lowest BCUT2D eigenvalue weighted by molar-refractivity contribution is 0.0668. The number of methoxy groups -OCH3 is 1. The van der Waals surface area contributed by atoms with E-state index in [1.54, 1.807) is 14.2 Å². The van der Waals surface area contributed by atoms with E-state index >= 15 is 0 Å². The van der Waals surface area contributed by atoms with Gasteiger partial charge >= 0.3 is 6.55 Å². The van der Waals surface area contributed by atoms with Gasteiger partial charge in [-0.1, -0.05) is 0 Å². The molecule has 1 aromatic rings. The molecule has 0 bridgehead atoms. The highest BCUT2D eigenvalue weighted by molar-refractivity contribution is 14.0. The minimum atomic E-state index is -2.60. The van der Waals surface area contributed by atoms with Crippen LogP contribution >= 0.6 is 24.0 Å². The number of nitrogens with zero attached hydrogens (tertiary/aromatic N) is 3. The van der Waals surface area contributed by atoms with E-state index < -0.39 is 6.55 Å². The maximum absolute atomic E-state index is 12.6. The Morgan fingerprint density at radius 1 is 1.55 bits per heavy atom. The van der Waals surface area contributed by atoms with Crippen LogP contribution in [0.15, 0.2) is 17.4 Å². The predicted octanol–water partition coefficient (Wildman–Crippen LogP) is 1.60. The van der Waals surface area contributed by atoms with Gasteiger partial charge in [0.05, 0.1) is 13.2 Å². The summed E-state index contributed by atoms with van der Waals surface area (Å²) in [7, 11) is 3.21. The zero-order valence-electron chi connectivity index (χ0n) is 11.6. The molecule has 0 aliphatic rings. The molecule has 0 aliphatic heterocycles. The van der Waals surface area contributed by atoms with Gasteiger partial charge in [0.1, 0.15) is 5.82 Å². The predicted molar refractivity (Wildman–Crippen MR) is 83.6 cm³/mol. The van der Waals surface area contributed by atoms with Crippen LogP contribution in [0.5, 0.6) is 0 Å². The van der Waals surface area contributed by atoms with E-state index in [0.717, 1.165) is 4.57 Å². The molecule has 6 nitrogen and oxygen atoms in total. The van der Waals surface area contributed by atoms with Crippen LogP contribution in [0.4, 0.5) is 8.78 Å². The molecule has 0 spiro atoms. The minimum Gasteiger partial charge on any atom is -0.383 e. The third kappa shape index (κ3) is 5.99. The molecule has 0 fully saturated rings. The topological polar surface area (TPSA) is 63.5 Å². The summed E-state index contributed by atoms with van der Waals surface area (Å²) < 4.78 is 31.0. The van der Waals surface area contributed by atoms with Crippen molar-refractivity contribution in [3.63, 3.8) is 0 Å². The Hall–Kier alpha value is -0.970. The molecule has 0 aromatic carbocycles. The Morgan fingerprint density at radius 3 is 2.80 bits per heavy atom. The summed E-state index contributed by atoms with van der Waals surface area (Å²) in [6, 6.07) is 0.0612. The third-order valence-corrected chi connectivity index (χ3v) is 2.40. The number of ether oxygens (including phenoxy) is 1. The molecule has 0 aliphatic carbocycles. The highest BCUT2D eigenvalue weighted by Crippen LogP contribution is 2.11. The summed E-state index contributed by atoms with van der Waals surface area (Å²) >= 11 is 0. The van der Waals surface area contributed by atoms with Crippen molar-refractivity contribution in [3.8, 4) is 0 Å². The van der Waals surface area contributed by atoms with E-state index in [-0.39, 0.29) is 42.4 Å². The number of hydrogen-bond acceptors (Lipinski definition) is 3. The Kier molecular flexibility index (Phi) is 9.38. The molecule has 1 unspecified atom stereocenters. The summed E-state index contributed by atoms with van der Waals surface area (Å²) in [6.45, 7) is 0.0150. The van der Waals surface area contributed by atoms with Crippen LogP contribution in [0.1, 0.15) is 19.3 Å². The molecule has 1 aromatic heterocycles. The van der Waals surface area contributed by atoms with E-state index in [0.29, 0.717) is 12.6 Å². The maximum atomic E-state index is 12.6. The molecule has 1 rings (SSSR count). The van der Waals surface area contributed by atoms with Crippen molar-refractivity contribution in [1.29, 1.82) is 0 Å². The van der Waals surface area contributed by atoms with Crippen molar-refractivity contribution in [1.82, 2.24) is 20.2 Å². The lowest BCUT2D eigenvalue weighted by atomic mass is 10.4. The number of rotatable bonds is 6. The highest BCUT2D eigenvalue weighted by atomic mass is 127. The van der Waals surface area contributed by atoms with Gasteiger partial charge in [0, 0.05) is 32.6 Å². The maximum Gasteiger partial charge on any atom is 0.319 e. The van der Waals surface area contributed by atoms with Gasteiger partial charge in [-0.05, 0) is 6.92 Å². The number of aliphatic imine (C=N–C) groups is 1. The first kappa shape index (κ1) is 19.0.